The zero-order chi connectivity index (χ0) is 23.8. The van der Waals surface area contributed by atoms with Gasteiger partial charge < -0.3 is 19.5 Å². The highest BCUT2D eigenvalue weighted by Crippen LogP contribution is 2.29. The summed E-state index contributed by atoms with van der Waals surface area (Å²) in [5.74, 6) is 1.12. The van der Waals surface area contributed by atoms with Crippen molar-refractivity contribution in [3.05, 3.63) is 72.8 Å². The first kappa shape index (κ1) is 23.9. The summed E-state index contributed by atoms with van der Waals surface area (Å²) in [6.07, 6.45) is 0. The van der Waals surface area contributed by atoms with Crippen LogP contribution in [0.5, 0.6) is 17.2 Å². The van der Waals surface area contributed by atoms with Crippen LogP contribution in [0, 0.1) is 0 Å². The topological polar surface area (TPSA) is 94.2 Å². The number of anilines is 2. The Hall–Kier alpha value is -3.72. The molecule has 3 rings (SSSR count). The summed E-state index contributed by atoms with van der Waals surface area (Å²) >= 11 is 0. The lowest BCUT2D eigenvalue weighted by molar-refractivity contribution is -0.118. The monoisotopic (exact) mass is 470 g/mol. The van der Waals surface area contributed by atoms with Crippen LogP contribution in [0.4, 0.5) is 11.4 Å². The zero-order valence-electron chi connectivity index (χ0n) is 18.6. The molecule has 0 fully saturated rings. The van der Waals surface area contributed by atoms with Crippen LogP contribution in [0.15, 0.2) is 77.7 Å². The number of carbonyl (C=O) groups is 1. The minimum atomic E-state index is -3.68. The van der Waals surface area contributed by atoms with E-state index in [1.807, 2.05) is 0 Å². The fourth-order valence-electron chi connectivity index (χ4n) is 3.17. The molecule has 0 aliphatic heterocycles. The molecular weight excluding hydrogens is 444 g/mol. The van der Waals surface area contributed by atoms with Gasteiger partial charge in [-0.15, -0.1) is 0 Å². The summed E-state index contributed by atoms with van der Waals surface area (Å²) in [5, 5.41) is 2.73. The summed E-state index contributed by atoms with van der Waals surface area (Å²) in [5.41, 5.74) is 0.963. The van der Waals surface area contributed by atoms with E-state index in [0.29, 0.717) is 28.6 Å². The van der Waals surface area contributed by atoms with Crippen LogP contribution < -0.4 is 23.8 Å². The van der Waals surface area contributed by atoms with Crippen molar-refractivity contribution in [1.82, 2.24) is 0 Å². The first-order valence-electron chi connectivity index (χ1n) is 10.2. The normalized spacial score (nSPS) is 10.9. The number of nitrogens with zero attached hydrogens (tertiary/aromatic N) is 1. The van der Waals surface area contributed by atoms with Crippen LogP contribution in [0.25, 0.3) is 0 Å². The second-order valence-corrected chi connectivity index (χ2v) is 8.74. The maximum Gasteiger partial charge on any atom is 0.264 e. The van der Waals surface area contributed by atoms with E-state index in [4.69, 9.17) is 14.2 Å². The van der Waals surface area contributed by atoms with E-state index in [1.165, 1.54) is 18.5 Å². The minimum Gasteiger partial charge on any atom is -0.497 e. The third-order valence-electron chi connectivity index (χ3n) is 4.79. The number of rotatable bonds is 10. The highest BCUT2D eigenvalue weighted by atomic mass is 32.2. The third-order valence-corrected chi connectivity index (χ3v) is 6.71. The Bertz CT molecular complexity index is 1180. The smallest absolute Gasteiger partial charge is 0.264 e. The van der Waals surface area contributed by atoms with Crippen molar-refractivity contribution in [2.75, 3.05) is 37.0 Å². The number of carbonyl (C=O) groups excluding carboxylic acids is 1. The predicted molar refractivity (Wildman–Crippen MR) is 127 cm³/mol. The lowest BCUT2D eigenvalue weighted by Crippen LogP contribution is -2.30. The lowest BCUT2D eigenvalue weighted by Gasteiger charge is -2.23. The van der Waals surface area contributed by atoms with Gasteiger partial charge in [0.2, 0.25) is 0 Å². The van der Waals surface area contributed by atoms with Gasteiger partial charge in [-0.25, -0.2) is 8.42 Å². The van der Waals surface area contributed by atoms with Crippen LogP contribution in [-0.2, 0) is 14.8 Å². The van der Waals surface area contributed by atoms with Crippen LogP contribution >= 0.6 is 0 Å². The number of hydrogen-bond acceptors (Lipinski definition) is 6. The number of methoxy groups -OCH3 is 2. The highest BCUT2D eigenvalue weighted by Gasteiger charge is 2.23. The number of ether oxygens (including phenoxy) is 3. The Morgan fingerprint density at radius 2 is 1.58 bits per heavy atom. The van der Waals surface area contributed by atoms with Crippen molar-refractivity contribution in [2.24, 2.45) is 0 Å². The van der Waals surface area contributed by atoms with E-state index < -0.39 is 10.0 Å². The molecule has 1 amide bonds. The van der Waals surface area contributed by atoms with Crippen molar-refractivity contribution in [2.45, 2.75) is 11.8 Å². The molecule has 33 heavy (non-hydrogen) atoms. The van der Waals surface area contributed by atoms with E-state index in [2.05, 4.69) is 5.32 Å². The molecule has 0 radical (unpaired) electrons. The molecule has 0 aromatic heterocycles. The average molecular weight is 471 g/mol. The number of sulfonamides is 1. The molecule has 0 atom stereocenters. The zero-order valence-corrected chi connectivity index (χ0v) is 19.5. The van der Waals surface area contributed by atoms with Crippen molar-refractivity contribution in [3.63, 3.8) is 0 Å². The second kappa shape index (κ2) is 10.7. The predicted octanol–water partition coefficient (Wildman–Crippen LogP) is 3.94. The number of hydrogen-bond donors (Lipinski definition) is 1. The van der Waals surface area contributed by atoms with Gasteiger partial charge in [-0.05, 0) is 55.5 Å². The maximum atomic E-state index is 13.0. The molecular formula is C24H26N2O6S. The molecule has 0 heterocycles. The van der Waals surface area contributed by atoms with E-state index in [-0.39, 0.29) is 24.0 Å². The standard InChI is InChI=1S/C24H26N2O6S/c1-4-26(33(28,29)21-8-6-5-7-9-21)18-10-12-19(13-11-18)32-17-24(27)25-22-16-20(30-2)14-15-23(22)31-3/h5-16H,4,17H2,1-3H3,(H,25,27). The molecule has 174 valence electrons. The SMILES string of the molecule is CCN(c1ccc(OCC(=O)Nc2cc(OC)ccc2OC)cc1)S(=O)(=O)c1ccccc1. The van der Waals surface area contributed by atoms with Gasteiger partial charge in [-0.2, -0.15) is 0 Å². The highest BCUT2D eigenvalue weighted by molar-refractivity contribution is 7.92. The molecule has 0 spiro atoms. The van der Waals surface area contributed by atoms with Crippen molar-refractivity contribution in [3.8, 4) is 17.2 Å². The number of benzene rings is 3. The molecule has 0 saturated carbocycles. The van der Waals surface area contributed by atoms with Gasteiger partial charge in [0.05, 0.1) is 30.5 Å². The van der Waals surface area contributed by atoms with Crippen LogP contribution in [-0.4, -0.2) is 41.7 Å². The average Bonchev–Trinajstić information content (AvgIpc) is 2.84. The summed E-state index contributed by atoms with van der Waals surface area (Å²) in [6.45, 7) is 1.80. The maximum absolute atomic E-state index is 13.0. The Morgan fingerprint density at radius 3 is 2.18 bits per heavy atom. The van der Waals surface area contributed by atoms with Crippen molar-refractivity contribution >= 4 is 27.3 Å². The fraction of sp³-hybridized carbons (Fsp3) is 0.208. The Balaban J connectivity index is 1.65. The van der Waals surface area contributed by atoms with Crippen LogP contribution in [0.2, 0.25) is 0 Å². The Kier molecular flexibility index (Phi) is 7.78. The van der Waals surface area contributed by atoms with E-state index in [1.54, 1.807) is 79.7 Å². The van der Waals surface area contributed by atoms with Gasteiger partial charge in [0.25, 0.3) is 15.9 Å². The van der Waals surface area contributed by atoms with Gasteiger partial charge in [0.15, 0.2) is 6.61 Å². The molecule has 0 aliphatic carbocycles. The molecule has 1 N–H and O–H groups in total. The van der Waals surface area contributed by atoms with Crippen LogP contribution in [0.1, 0.15) is 6.92 Å². The molecule has 3 aromatic rings. The van der Waals surface area contributed by atoms with Gasteiger partial charge in [0, 0.05) is 12.6 Å². The lowest BCUT2D eigenvalue weighted by atomic mass is 10.2. The quantitative estimate of drug-likeness (QED) is 0.482. The largest absolute Gasteiger partial charge is 0.497 e. The summed E-state index contributed by atoms with van der Waals surface area (Å²) in [4.78, 5) is 12.6. The molecule has 0 bridgehead atoms. The van der Waals surface area contributed by atoms with E-state index in [0.717, 1.165) is 0 Å². The van der Waals surface area contributed by atoms with Gasteiger partial charge in [0.1, 0.15) is 17.2 Å². The number of amides is 1. The fourth-order valence-corrected chi connectivity index (χ4v) is 4.66. The number of nitrogens with one attached hydrogen (secondary N) is 1. The van der Waals surface area contributed by atoms with E-state index >= 15 is 0 Å². The molecule has 0 saturated heterocycles. The van der Waals surface area contributed by atoms with Gasteiger partial charge >= 0.3 is 0 Å². The van der Waals surface area contributed by atoms with E-state index in [9.17, 15) is 13.2 Å². The Labute approximate surface area is 193 Å². The molecule has 8 nitrogen and oxygen atoms in total. The van der Waals surface area contributed by atoms with Gasteiger partial charge in [-0.1, -0.05) is 18.2 Å². The minimum absolute atomic E-state index is 0.219. The first-order chi connectivity index (χ1) is 15.9. The van der Waals surface area contributed by atoms with Crippen molar-refractivity contribution < 1.29 is 27.4 Å². The van der Waals surface area contributed by atoms with Crippen LogP contribution in [0.3, 0.4) is 0 Å². The summed E-state index contributed by atoms with van der Waals surface area (Å²) in [6, 6.07) is 19.9. The molecule has 3 aromatic carbocycles. The van der Waals surface area contributed by atoms with Gasteiger partial charge in [-0.3, -0.25) is 9.10 Å². The second-order valence-electron chi connectivity index (χ2n) is 6.88. The molecule has 9 heteroatoms. The Morgan fingerprint density at radius 1 is 0.909 bits per heavy atom. The van der Waals surface area contributed by atoms with Crippen molar-refractivity contribution in [1.29, 1.82) is 0 Å². The summed E-state index contributed by atoms with van der Waals surface area (Å²) in [7, 11) is -0.644. The first-order valence-corrected chi connectivity index (χ1v) is 11.7. The summed E-state index contributed by atoms with van der Waals surface area (Å²) < 4.78 is 43.2. The third kappa shape index (κ3) is 5.75. The molecule has 0 aliphatic rings. The molecule has 0 unspecified atom stereocenters.